The van der Waals surface area contributed by atoms with Gasteiger partial charge in [0.1, 0.15) is 23.0 Å². The number of phenolic OH excluding ortho intramolecular Hbond substituents is 2. The van der Waals surface area contributed by atoms with Crippen LogP contribution in [0.1, 0.15) is 81.8 Å². The molecular formula is C32H39N3O3. The van der Waals surface area contributed by atoms with Crippen molar-refractivity contribution in [3.8, 4) is 22.8 Å². The third kappa shape index (κ3) is 4.63. The lowest BCUT2D eigenvalue weighted by Crippen LogP contribution is -2.44. The van der Waals surface area contributed by atoms with Gasteiger partial charge in [0, 0.05) is 23.9 Å². The Hall–Kier alpha value is -3.15. The first kappa shape index (κ1) is 25.1. The van der Waals surface area contributed by atoms with Crippen LogP contribution in [0.4, 0.5) is 0 Å². The molecule has 0 amide bonds. The van der Waals surface area contributed by atoms with Crippen LogP contribution >= 0.6 is 0 Å². The molecule has 2 N–H and O–H groups in total. The van der Waals surface area contributed by atoms with Crippen LogP contribution in [0.5, 0.6) is 11.5 Å². The van der Waals surface area contributed by atoms with E-state index < -0.39 is 0 Å². The third-order valence-corrected chi connectivity index (χ3v) is 9.95. The molecule has 6 heteroatoms. The highest BCUT2D eigenvalue weighted by molar-refractivity contribution is 5.87. The summed E-state index contributed by atoms with van der Waals surface area (Å²) in [5.74, 6) is 3.27. The van der Waals surface area contributed by atoms with Crippen LogP contribution in [0.25, 0.3) is 11.3 Å². The summed E-state index contributed by atoms with van der Waals surface area (Å²) in [7, 11) is 0. The molecule has 5 atom stereocenters. The highest BCUT2D eigenvalue weighted by atomic mass is 16.3. The van der Waals surface area contributed by atoms with Crippen LogP contribution in [0.3, 0.4) is 0 Å². The molecule has 38 heavy (non-hydrogen) atoms. The first-order valence-corrected chi connectivity index (χ1v) is 14.5. The number of unbranched alkanes of at least 4 members (excludes halogenated alkanes) is 3. The molecule has 0 aliphatic heterocycles. The predicted molar refractivity (Wildman–Crippen MR) is 147 cm³/mol. The molecule has 2 fully saturated rings. The van der Waals surface area contributed by atoms with Gasteiger partial charge in [-0.1, -0.05) is 49.6 Å². The van der Waals surface area contributed by atoms with E-state index in [1.165, 1.54) is 24.0 Å². The minimum Gasteiger partial charge on any atom is -0.508 e. The maximum Gasteiger partial charge on any atom is 0.139 e. The van der Waals surface area contributed by atoms with Crippen molar-refractivity contribution in [1.29, 1.82) is 0 Å². The molecule has 0 unspecified atom stereocenters. The first-order chi connectivity index (χ1) is 18.4. The number of Topliss-reactive ketones (excluding diaryl/α,β-unsaturated/α-hetero) is 1. The Morgan fingerprint density at radius 1 is 1.03 bits per heavy atom. The van der Waals surface area contributed by atoms with E-state index in [0.717, 1.165) is 69.2 Å². The van der Waals surface area contributed by atoms with Gasteiger partial charge >= 0.3 is 0 Å². The van der Waals surface area contributed by atoms with Crippen LogP contribution in [0.15, 0.2) is 48.7 Å². The first-order valence-electron chi connectivity index (χ1n) is 14.5. The molecule has 3 aliphatic carbocycles. The van der Waals surface area contributed by atoms with Gasteiger partial charge in [-0.25, -0.2) is 0 Å². The number of fused-ring (bicyclic) bond motifs is 5. The highest BCUT2D eigenvalue weighted by Crippen LogP contribution is 2.62. The lowest BCUT2D eigenvalue weighted by Gasteiger charge is -2.50. The number of ketones is 1. The standard InChI is InChI=1S/C32H39N3O3/c1-32-15-14-27-26-13-11-25(37)17-21(26)10-12-28(27)31(32)23(19-30(32)38)7-4-2-3-5-16-35-20-29(33-34-35)22-8-6-9-24(36)18-22/h6,8-9,11,13,17-18,20,23,27-28,31,36-37H,2-5,7,10,12,14-16,19H2,1H3/t23-,27-,28-,31+,32-/m1/s1. The van der Waals surface area contributed by atoms with Crippen LogP contribution < -0.4 is 0 Å². The molecule has 0 radical (unpaired) electrons. The average molecular weight is 514 g/mol. The quantitative estimate of drug-likeness (QED) is 0.329. The Balaban J connectivity index is 1.02. The Morgan fingerprint density at radius 2 is 1.87 bits per heavy atom. The van der Waals surface area contributed by atoms with Crippen molar-refractivity contribution in [3.05, 3.63) is 59.8 Å². The number of hydrogen-bond donors (Lipinski definition) is 2. The molecule has 200 valence electrons. The number of carbonyl (C=O) groups excluding carboxylic acids is 1. The van der Waals surface area contributed by atoms with Crippen molar-refractivity contribution in [3.63, 3.8) is 0 Å². The highest BCUT2D eigenvalue weighted by Gasteiger charge is 2.58. The number of hydrogen-bond acceptors (Lipinski definition) is 5. The minimum absolute atomic E-state index is 0.138. The maximum atomic E-state index is 13.3. The van der Waals surface area contributed by atoms with Crippen molar-refractivity contribution in [1.82, 2.24) is 15.0 Å². The van der Waals surface area contributed by atoms with E-state index in [-0.39, 0.29) is 11.2 Å². The number of aromatic hydroxyl groups is 2. The molecule has 3 aromatic rings. The van der Waals surface area contributed by atoms with Gasteiger partial charge in [-0.2, -0.15) is 0 Å². The Morgan fingerprint density at radius 3 is 2.74 bits per heavy atom. The van der Waals surface area contributed by atoms with E-state index in [0.29, 0.717) is 35.2 Å². The molecule has 6 rings (SSSR count). The largest absolute Gasteiger partial charge is 0.508 e. The lowest BCUT2D eigenvalue weighted by molar-refractivity contribution is -0.129. The number of phenols is 2. The van der Waals surface area contributed by atoms with Crippen molar-refractivity contribution < 1.29 is 15.0 Å². The van der Waals surface area contributed by atoms with E-state index in [4.69, 9.17) is 0 Å². The molecule has 1 aromatic heterocycles. The Bertz CT molecular complexity index is 1320. The SMILES string of the molecule is C[C@]12CC[C@@H]3c4ccc(O)cc4CC[C@H]3[C@@H]1[C@H](CCCCCCn1cc(-c3cccc(O)c3)nn1)CC2=O. The zero-order valence-corrected chi connectivity index (χ0v) is 22.4. The number of carbonyl (C=O) groups is 1. The number of benzene rings is 2. The summed E-state index contributed by atoms with van der Waals surface area (Å²) in [4.78, 5) is 13.3. The summed E-state index contributed by atoms with van der Waals surface area (Å²) in [5, 5.41) is 28.2. The number of rotatable bonds is 8. The molecule has 6 nitrogen and oxygen atoms in total. The number of aryl methyl sites for hydroxylation is 2. The fraction of sp³-hybridized carbons (Fsp3) is 0.531. The van der Waals surface area contributed by atoms with Gasteiger partial charge in [-0.3, -0.25) is 9.48 Å². The number of aromatic nitrogens is 3. The summed E-state index contributed by atoms with van der Waals surface area (Å²) >= 11 is 0. The van der Waals surface area contributed by atoms with Crippen LogP contribution in [0, 0.1) is 23.2 Å². The average Bonchev–Trinajstić information content (AvgIpc) is 3.48. The summed E-state index contributed by atoms with van der Waals surface area (Å²) in [5.41, 5.74) is 4.26. The van der Waals surface area contributed by atoms with Gasteiger partial charge in [-0.15, -0.1) is 5.10 Å². The van der Waals surface area contributed by atoms with Gasteiger partial charge in [0.25, 0.3) is 0 Å². The molecule has 1 heterocycles. The van der Waals surface area contributed by atoms with E-state index >= 15 is 0 Å². The topological polar surface area (TPSA) is 88.2 Å². The summed E-state index contributed by atoms with van der Waals surface area (Å²) in [6, 6.07) is 13.1. The monoisotopic (exact) mass is 513 g/mol. The Kier molecular flexibility index (Phi) is 6.75. The normalized spacial score (nSPS) is 28.1. The fourth-order valence-corrected chi connectivity index (χ4v) is 8.13. The van der Waals surface area contributed by atoms with E-state index in [1.807, 2.05) is 35.1 Å². The molecule has 2 aromatic carbocycles. The summed E-state index contributed by atoms with van der Waals surface area (Å²) in [6.07, 6.45) is 12.7. The van der Waals surface area contributed by atoms with E-state index in [9.17, 15) is 15.0 Å². The zero-order valence-electron chi connectivity index (χ0n) is 22.4. The van der Waals surface area contributed by atoms with Crippen LogP contribution in [-0.2, 0) is 17.8 Å². The third-order valence-electron chi connectivity index (χ3n) is 9.95. The van der Waals surface area contributed by atoms with Gasteiger partial charge in [0.2, 0.25) is 0 Å². The molecule has 0 saturated heterocycles. The fourth-order valence-electron chi connectivity index (χ4n) is 8.13. The van der Waals surface area contributed by atoms with Crippen molar-refractivity contribution in [2.75, 3.05) is 0 Å². The van der Waals surface area contributed by atoms with Crippen LogP contribution in [-0.4, -0.2) is 31.0 Å². The second kappa shape index (κ2) is 10.2. The maximum absolute atomic E-state index is 13.3. The van der Waals surface area contributed by atoms with E-state index in [1.54, 1.807) is 12.1 Å². The van der Waals surface area contributed by atoms with Crippen molar-refractivity contribution >= 4 is 5.78 Å². The van der Waals surface area contributed by atoms with Crippen molar-refractivity contribution in [2.24, 2.45) is 23.2 Å². The second-order valence-corrected chi connectivity index (χ2v) is 12.2. The van der Waals surface area contributed by atoms with Crippen LogP contribution in [0.2, 0.25) is 0 Å². The van der Waals surface area contributed by atoms with Gasteiger partial charge < -0.3 is 10.2 Å². The predicted octanol–water partition coefficient (Wildman–Crippen LogP) is 6.66. The zero-order chi connectivity index (χ0) is 26.3. The molecule has 3 aliphatic rings. The molecular weight excluding hydrogens is 474 g/mol. The summed E-state index contributed by atoms with van der Waals surface area (Å²) < 4.78 is 1.89. The summed E-state index contributed by atoms with van der Waals surface area (Å²) in [6.45, 7) is 3.11. The van der Waals surface area contributed by atoms with Gasteiger partial charge in [0.15, 0.2) is 0 Å². The van der Waals surface area contributed by atoms with E-state index in [2.05, 4.69) is 23.3 Å². The Labute approximate surface area is 225 Å². The smallest absolute Gasteiger partial charge is 0.139 e. The molecule has 2 saturated carbocycles. The number of nitrogens with zero attached hydrogens (tertiary/aromatic N) is 3. The van der Waals surface area contributed by atoms with Gasteiger partial charge in [-0.05, 0) is 97.6 Å². The van der Waals surface area contributed by atoms with Gasteiger partial charge in [0.05, 0.1) is 6.20 Å². The lowest BCUT2D eigenvalue weighted by atomic mass is 9.54. The van der Waals surface area contributed by atoms with Crippen molar-refractivity contribution in [2.45, 2.75) is 83.6 Å². The minimum atomic E-state index is -0.138. The molecule has 0 spiro atoms. The molecule has 0 bridgehead atoms. The second-order valence-electron chi connectivity index (χ2n) is 12.2.